The Kier molecular flexibility index (Phi) is 7.21. The summed E-state index contributed by atoms with van der Waals surface area (Å²) >= 11 is 0. The Morgan fingerprint density at radius 2 is 1.59 bits per heavy atom. The summed E-state index contributed by atoms with van der Waals surface area (Å²) in [6.45, 7) is 7.88. The number of hydrogen-bond donors (Lipinski definition) is 1. The van der Waals surface area contributed by atoms with Gasteiger partial charge in [0.1, 0.15) is 5.75 Å². The number of esters is 1. The molecule has 0 aliphatic carbocycles. The van der Waals surface area contributed by atoms with Gasteiger partial charge in [0.25, 0.3) is 11.6 Å². The number of benzene rings is 3. The number of rotatable bonds is 6. The van der Waals surface area contributed by atoms with Crippen molar-refractivity contribution in [1.29, 1.82) is 0 Å². The lowest BCUT2D eigenvalue weighted by Gasteiger charge is -2.18. The summed E-state index contributed by atoms with van der Waals surface area (Å²) in [6, 6.07) is 18.0. The minimum absolute atomic E-state index is 0.00838. The van der Waals surface area contributed by atoms with E-state index in [9.17, 15) is 19.7 Å². The number of nitro benzene ring substituents is 1. The van der Waals surface area contributed by atoms with E-state index in [0.29, 0.717) is 22.4 Å². The van der Waals surface area contributed by atoms with Gasteiger partial charge in [-0.1, -0.05) is 32.9 Å². The number of amides is 1. The highest BCUT2D eigenvalue weighted by Crippen LogP contribution is 2.22. The average Bonchev–Trinajstić information content (AvgIpc) is 2.79. The Morgan fingerprint density at radius 1 is 0.971 bits per heavy atom. The van der Waals surface area contributed by atoms with Crippen LogP contribution in [0, 0.1) is 17.0 Å². The second-order valence-electron chi connectivity index (χ2n) is 8.74. The van der Waals surface area contributed by atoms with Gasteiger partial charge in [-0.25, -0.2) is 10.2 Å². The van der Waals surface area contributed by atoms with Crippen LogP contribution in [0.15, 0.2) is 71.8 Å². The van der Waals surface area contributed by atoms with E-state index in [-0.39, 0.29) is 22.6 Å². The van der Waals surface area contributed by atoms with Crippen LogP contribution in [0.2, 0.25) is 0 Å². The van der Waals surface area contributed by atoms with Gasteiger partial charge in [0, 0.05) is 17.2 Å². The van der Waals surface area contributed by atoms with Crippen molar-refractivity contribution < 1.29 is 19.2 Å². The number of carbonyl (C=O) groups is 2. The lowest BCUT2D eigenvalue weighted by molar-refractivity contribution is -0.385. The third-order valence-electron chi connectivity index (χ3n) is 5.11. The van der Waals surface area contributed by atoms with Crippen LogP contribution in [-0.2, 0) is 5.41 Å². The van der Waals surface area contributed by atoms with Crippen LogP contribution in [0.1, 0.15) is 58.2 Å². The van der Waals surface area contributed by atoms with E-state index in [2.05, 4.69) is 31.3 Å². The third-order valence-corrected chi connectivity index (χ3v) is 5.11. The molecule has 3 aromatic rings. The zero-order chi connectivity index (χ0) is 24.9. The number of hydrogen-bond acceptors (Lipinski definition) is 6. The zero-order valence-electron chi connectivity index (χ0n) is 19.4. The highest BCUT2D eigenvalue weighted by Gasteiger charge is 2.16. The summed E-state index contributed by atoms with van der Waals surface area (Å²) in [5.74, 6) is -0.633. The van der Waals surface area contributed by atoms with E-state index in [1.165, 1.54) is 24.4 Å². The highest BCUT2D eigenvalue weighted by molar-refractivity contribution is 5.95. The molecule has 0 fully saturated rings. The molecule has 34 heavy (non-hydrogen) atoms. The first-order valence-corrected chi connectivity index (χ1v) is 10.6. The summed E-state index contributed by atoms with van der Waals surface area (Å²) in [5.41, 5.74) is 5.36. The normalized spacial score (nSPS) is 11.3. The molecule has 1 N–H and O–H groups in total. The van der Waals surface area contributed by atoms with Gasteiger partial charge in [-0.15, -0.1) is 0 Å². The van der Waals surface area contributed by atoms with Crippen molar-refractivity contribution in [2.45, 2.75) is 33.1 Å². The predicted molar refractivity (Wildman–Crippen MR) is 129 cm³/mol. The SMILES string of the molecule is Cc1cc(C(=O)Oc2ccc(/C=N/NC(=O)c3ccc(C(C)(C)C)cc3)cc2)ccc1[N+](=O)[O-]. The molecule has 3 rings (SSSR count). The predicted octanol–water partition coefficient (Wildman–Crippen LogP) is 5.18. The van der Waals surface area contributed by atoms with Gasteiger partial charge < -0.3 is 4.74 Å². The number of nitro groups is 1. The molecule has 0 radical (unpaired) electrons. The molecule has 0 saturated heterocycles. The molecule has 0 heterocycles. The van der Waals surface area contributed by atoms with E-state index < -0.39 is 10.9 Å². The van der Waals surface area contributed by atoms with Gasteiger partial charge in [-0.3, -0.25) is 14.9 Å². The molecule has 0 unspecified atom stereocenters. The van der Waals surface area contributed by atoms with Crippen molar-refractivity contribution in [2.75, 3.05) is 0 Å². The number of aryl methyl sites for hydroxylation is 1. The summed E-state index contributed by atoms with van der Waals surface area (Å²) in [5, 5.41) is 14.9. The quantitative estimate of drug-likeness (QED) is 0.179. The largest absolute Gasteiger partial charge is 0.423 e. The average molecular weight is 460 g/mol. The molecular weight excluding hydrogens is 434 g/mol. The maximum absolute atomic E-state index is 12.3. The molecule has 1 amide bonds. The molecule has 0 bridgehead atoms. The fourth-order valence-corrected chi connectivity index (χ4v) is 3.13. The monoisotopic (exact) mass is 459 g/mol. The second-order valence-corrected chi connectivity index (χ2v) is 8.74. The number of nitrogens with one attached hydrogen (secondary N) is 1. The minimum atomic E-state index is -0.621. The van der Waals surface area contributed by atoms with E-state index in [1.807, 2.05) is 12.1 Å². The summed E-state index contributed by atoms with van der Waals surface area (Å²) in [4.78, 5) is 35.0. The number of ether oxygens (including phenoxy) is 1. The van der Waals surface area contributed by atoms with Gasteiger partial charge in [0.05, 0.1) is 16.7 Å². The van der Waals surface area contributed by atoms with Crippen molar-refractivity contribution >= 4 is 23.8 Å². The van der Waals surface area contributed by atoms with Gasteiger partial charge in [0.2, 0.25) is 0 Å². The molecule has 0 saturated carbocycles. The van der Waals surface area contributed by atoms with Crippen molar-refractivity contribution in [1.82, 2.24) is 5.43 Å². The van der Waals surface area contributed by atoms with E-state index >= 15 is 0 Å². The van der Waals surface area contributed by atoms with E-state index in [4.69, 9.17) is 4.74 Å². The molecule has 8 heteroatoms. The Balaban J connectivity index is 1.57. The minimum Gasteiger partial charge on any atom is -0.423 e. The zero-order valence-corrected chi connectivity index (χ0v) is 19.4. The highest BCUT2D eigenvalue weighted by atomic mass is 16.6. The third kappa shape index (κ3) is 6.13. The van der Waals surface area contributed by atoms with Crippen LogP contribution in [0.4, 0.5) is 5.69 Å². The maximum Gasteiger partial charge on any atom is 0.343 e. The number of hydrazone groups is 1. The molecule has 174 valence electrons. The maximum atomic E-state index is 12.3. The second kappa shape index (κ2) is 10.1. The van der Waals surface area contributed by atoms with E-state index in [1.54, 1.807) is 43.3 Å². The van der Waals surface area contributed by atoms with Crippen LogP contribution in [0.5, 0.6) is 5.75 Å². The van der Waals surface area contributed by atoms with Crippen LogP contribution >= 0.6 is 0 Å². The molecular formula is C26H25N3O5. The van der Waals surface area contributed by atoms with Crippen LogP contribution < -0.4 is 10.2 Å². The first-order valence-electron chi connectivity index (χ1n) is 10.6. The Bertz CT molecular complexity index is 1240. The lowest BCUT2D eigenvalue weighted by atomic mass is 9.87. The topological polar surface area (TPSA) is 111 Å². The molecule has 8 nitrogen and oxygen atoms in total. The Hall–Kier alpha value is -4.33. The Morgan fingerprint density at radius 3 is 2.15 bits per heavy atom. The first kappa shape index (κ1) is 24.3. The summed E-state index contributed by atoms with van der Waals surface area (Å²) < 4.78 is 5.32. The number of carbonyl (C=O) groups excluding carboxylic acids is 2. The number of nitrogens with zero attached hydrogens (tertiary/aromatic N) is 2. The van der Waals surface area contributed by atoms with Crippen LogP contribution in [0.25, 0.3) is 0 Å². The molecule has 0 aromatic heterocycles. The van der Waals surface area contributed by atoms with Gasteiger partial charge in [0.15, 0.2) is 0 Å². The molecule has 0 aliphatic rings. The lowest BCUT2D eigenvalue weighted by Crippen LogP contribution is -2.18. The molecule has 0 aliphatic heterocycles. The standard InChI is InChI=1S/C26H25N3O5/c1-17-15-20(9-14-23(17)29(32)33)25(31)34-22-12-5-18(6-13-22)16-27-28-24(30)19-7-10-21(11-8-19)26(2,3)4/h5-16H,1-4H3,(H,28,30)/b27-16+. The smallest absolute Gasteiger partial charge is 0.343 e. The van der Waals surface area contributed by atoms with Crippen molar-refractivity contribution in [3.05, 3.63) is 105 Å². The molecule has 0 spiro atoms. The van der Waals surface area contributed by atoms with Crippen molar-refractivity contribution in [2.24, 2.45) is 5.10 Å². The van der Waals surface area contributed by atoms with E-state index in [0.717, 1.165) is 5.56 Å². The van der Waals surface area contributed by atoms with Gasteiger partial charge in [-0.2, -0.15) is 5.10 Å². The van der Waals surface area contributed by atoms with Crippen molar-refractivity contribution in [3.8, 4) is 5.75 Å². The Labute approximate surface area is 197 Å². The van der Waals surface area contributed by atoms with Crippen LogP contribution in [-0.4, -0.2) is 23.0 Å². The molecule has 3 aromatic carbocycles. The van der Waals surface area contributed by atoms with Gasteiger partial charge in [-0.05, 0) is 72.0 Å². The summed E-state index contributed by atoms with van der Waals surface area (Å²) in [7, 11) is 0. The first-order chi connectivity index (χ1) is 16.0. The summed E-state index contributed by atoms with van der Waals surface area (Å²) in [6.07, 6.45) is 1.48. The fraction of sp³-hybridized carbons (Fsp3) is 0.192. The van der Waals surface area contributed by atoms with Crippen molar-refractivity contribution in [3.63, 3.8) is 0 Å². The van der Waals surface area contributed by atoms with Crippen LogP contribution in [0.3, 0.4) is 0 Å². The molecule has 0 atom stereocenters. The fourth-order valence-electron chi connectivity index (χ4n) is 3.13. The van der Waals surface area contributed by atoms with Gasteiger partial charge >= 0.3 is 5.97 Å².